The molecule has 0 saturated carbocycles. The summed E-state index contributed by atoms with van der Waals surface area (Å²) in [6, 6.07) is 0.584. The molecule has 3 nitrogen and oxygen atoms in total. The number of hydrogen-bond acceptors (Lipinski definition) is 4. The van der Waals surface area contributed by atoms with Crippen LogP contribution in [0.1, 0.15) is 49.8 Å². The number of aromatic nitrogens is 1. The van der Waals surface area contributed by atoms with Crippen LogP contribution in [0.15, 0.2) is 0 Å². The molecule has 1 aromatic rings. The van der Waals surface area contributed by atoms with Gasteiger partial charge < -0.3 is 10.0 Å². The van der Waals surface area contributed by atoms with Crippen LogP contribution in [-0.4, -0.2) is 22.7 Å². The van der Waals surface area contributed by atoms with Crippen molar-refractivity contribution in [3.8, 4) is 0 Å². The minimum absolute atomic E-state index is 0.397. The van der Waals surface area contributed by atoms with E-state index in [4.69, 9.17) is 0 Å². The third-order valence-corrected chi connectivity index (χ3v) is 4.61. The SMILES string of the molecule is Cc1nc(N2CCCCC2C)sc1C(C)O. The molecule has 16 heavy (non-hydrogen) atoms. The summed E-state index contributed by atoms with van der Waals surface area (Å²) in [5.41, 5.74) is 0.979. The van der Waals surface area contributed by atoms with Gasteiger partial charge in [-0.1, -0.05) is 11.3 Å². The van der Waals surface area contributed by atoms with E-state index in [0.717, 1.165) is 22.2 Å². The van der Waals surface area contributed by atoms with Gasteiger partial charge in [0.05, 0.1) is 16.7 Å². The molecular weight excluding hydrogens is 220 g/mol. The summed E-state index contributed by atoms with van der Waals surface area (Å²) in [6.45, 7) is 7.16. The Bertz CT molecular complexity index is 362. The second kappa shape index (κ2) is 4.72. The highest BCUT2D eigenvalue weighted by Crippen LogP contribution is 2.33. The predicted molar refractivity (Wildman–Crippen MR) is 68.1 cm³/mol. The maximum absolute atomic E-state index is 9.63. The van der Waals surface area contributed by atoms with E-state index in [1.54, 1.807) is 11.3 Å². The van der Waals surface area contributed by atoms with Crippen LogP contribution in [0.4, 0.5) is 5.13 Å². The number of piperidine rings is 1. The van der Waals surface area contributed by atoms with Crippen LogP contribution in [0.2, 0.25) is 0 Å². The number of rotatable bonds is 2. The van der Waals surface area contributed by atoms with E-state index in [1.807, 2.05) is 13.8 Å². The van der Waals surface area contributed by atoms with Crippen molar-refractivity contribution in [2.75, 3.05) is 11.4 Å². The van der Waals surface area contributed by atoms with Gasteiger partial charge in [-0.05, 0) is 40.0 Å². The average Bonchev–Trinajstić information content (AvgIpc) is 2.61. The normalized spacial score (nSPS) is 23.5. The lowest BCUT2D eigenvalue weighted by molar-refractivity contribution is 0.202. The van der Waals surface area contributed by atoms with Gasteiger partial charge in [-0.15, -0.1) is 0 Å². The van der Waals surface area contributed by atoms with E-state index in [2.05, 4.69) is 16.8 Å². The Balaban J connectivity index is 2.23. The van der Waals surface area contributed by atoms with Gasteiger partial charge in [0, 0.05) is 12.6 Å². The minimum Gasteiger partial charge on any atom is -0.388 e. The topological polar surface area (TPSA) is 36.4 Å². The number of aliphatic hydroxyl groups excluding tert-OH is 1. The quantitative estimate of drug-likeness (QED) is 0.863. The molecule has 4 heteroatoms. The van der Waals surface area contributed by atoms with Crippen LogP contribution in [0.3, 0.4) is 0 Å². The van der Waals surface area contributed by atoms with E-state index < -0.39 is 6.10 Å². The van der Waals surface area contributed by atoms with Crippen molar-refractivity contribution in [2.24, 2.45) is 0 Å². The molecule has 1 aliphatic rings. The summed E-state index contributed by atoms with van der Waals surface area (Å²) < 4.78 is 0. The summed E-state index contributed by atoms with van der Waals surface area (Å²) in [6.07, 6.45) is 3.44. The minimum atomic E-state index is -0.397. The van der Waals surface area contributed by atoms with Crippen molar-refractivity contribution in [1.29, 1.82) is 0 Å². The van der Waals surface area contributed by atoms with Crippen LogP contribution in [0, 0.1) is 6.92 Å². The summed E-state index contributed by atoms with van der Waals surface area (Å²) >= 11 is 1.64. The summed E-state index contributed by atoms with van der Waals surface area (Å²) in [5, 5.41) is 10.7. The lowest BCUT2D eigenvalue weighted by Gasteiger charge is -2.33. The third kappa shape index (κ3) is 2.23. The maximum atomic E-state index is 9.63. The molecule has 2 atom stereocenters. The summed E-state index contributed by atoms with van der Waals surface area (Å²) in [4.78, 5) is 7.98. The molecule has 1 N–H and O–H groups in total. The number of aliphatic hydroxyl groups is 1. The number of thiazole rings is 1. The van der Waals surface area contributed by atoms with Crippen molar-refractivity contribution < 1.29 is 5.11 Å². The second-order valence-electron chi connectivity index (χ2n) is 4.66. The first-order valence-corrected chi connectivity index (χ1v) is 6.83. The first kappa shape index (κ1) is 11.9. The lowest BCUT2D eigenvalue weighted by atomic mass is 10.1. The van der Waals surface area contributed by atoms with Gasteiger partial charge >= 0.3 is 0 Å². The van der Waals surface area contributed by atoms with Gasteiger partial charge in [-0.25, -0.2) is 4.98 Å². The van der Waals surface area contributed by atoms with Crippen molar-refractivity contribution in [3.63, 3.8) is 0 Å². The van der Waals surface area contributed by atoms with Gasteiger partial charge in [-0.3, -0.25) is 0 Å². The van der Waals surface area contributed by atoms with Crippen molar-refractivity contribution in [3.05, 3.63) is 10.6 Å². The molecule has 0 spiro atoms. The number of anilines is 1. The fourth-order valence-electron chi connectivity index (χ4n) is 2.29. The first-order chi connectivity index (χ1) is 7.59. The molecule has 0 aliphatic carbocycles. The van der Waals surface area contributed by atoms with Crippen LogP contribution >= 0.6 is 11.3 Å². The van der Waals surface area contributed by atoms with Crippen LogP contribution in [0.25, 0.3) is 0 Å². The highest BCUT2D eigenvalue weighted by molar-refractivity contribution is 7.15. The Hall–Kier alpha value is -0.610. The zero-order chi connectivity index (χ0) is 11.7. The molecule has 1 aromatic heterocycles. The van der Waals surface area contributed by atoms with Gasteiger partial charge in [-0.2, -0.15) is 0 Å². The molecule has 2 unspecified atom stereocenters. The van der Waals surface area contributed by atoms with E-state index in [0.29, 0.717) is 6.04 Å². The smallest absolute Gasteiger partial charge is 0.186 e. The van der Waals surface area contributed by atoms with Gasteiger partial charge in [0.25, 0.3) is 0 Å². The summed E-state index contributed by atoms with van der Waals surface area (Å²) in [5.74, 6) is 0. The Kier molecular flexibility index (Phi) is 3.50. The van der Waals surface area contributed by atoms with Crippen molar-refractivity contribution >= 4 is 16.5 Å². The fourth-order valence-corrected chi connectivity index (χ4v) is 3.42. The second-order valence-corrected chi connectivity index (χ2v) is 5.67. The monoisotopic (exact) mass is 240 g/mol. The molecule has 1 saturated heterocycles. The fraction of sp³-hybridized carbons (Fsp3) is 0.750. The standard InChI is InChI=1S/C12H20N2OS/c1-8-6-4-5-7-14(8)12-13-9(2)11(16-12)10(3)15/h8,10,15H,4-7H2,1-3H3. The Morgan fingerprint density at radius 2 is 2.25 bits per heavy atom. The number of nitrogens with zero attached hydrogens (tertiary/aromatic N) is 2. The Morgan fingerprint density at radius 3 is 2.81 bits per heavy atom. The highest BCUT2D eigenvalue weighted by atomic mass is 32.1. The van der Waals surface area contributed by atoms with E-state index >= 15 is 0 Å². The predicted octanol–water partition coefficient (Wildman–Crippen LogP) is 2.88. The zero-order valence-corrected chi connectivity index (χ0v) is 11.0. The Labute approximate surface area is 101 Å². The average molecular weight is 240 g/mol. The summed E-state index contributed by atoms with van der Waals surface area (Å²) in [7, 11) is 0. The van der Waals surface area contributed by atoms with Gasteiger partial charge in [0.1, 0.15) is 0 Å². The van der Waals surface area contributed by atoms with Gasteiger partial charge in [0.15, 0.2) is 5.13 Å². The van der Waals surface area contributed by atoms with Crippen molar-refractivity contribution in [1.82, 2.24) is 4.98 Å². The maximum Gasteiger partial charge on any atom is 0.186 e. The van der Waals surface area contributed by atoms with Gasteiger partial charge in [0.2, 0.25) is 0 Å². The molecular formula is C12H20N2OS. The van der Waals surface area contributed by atoms with E-state index in [-0.39, 0.29) is 0 Å². The largest absolute Gasteiger partial charge is 0.388 e. The molecule has 2 rings (SSSR count). The van der Waals surface area contributed by atoms with E-state index in [1.165, 1.54) is 19.3 Å². The van der Waals surface area contributed by atoms with Crippen molar-refractivity contribution in [2.45, 2.75) is 52.2 Å². The molecule has 2 heterocycles. The molecule has 0 aromatic carbocycles. The van der Waals surface area contributed by atoms with Crippen LogP contribution in [-0.2, 0) is 0 Å². The molecule has 1 aliphatic heterocycles. The van der Waals surface area contributed by atoms with E-state index in [9.17, 15) is 5.11 Å². The Morgan fingerprint density at radius 1 is 1.50 bits per heavy atom. The molecule has 1 fully saturated rings. The molecule has 0 bridgehead atoms. The lowest BCUT2D eigenvalue weighted by Crippen LogP contribution is -2.37. The number of aryl methyl sites for hydroxylation is 1. The highest BCUT2D eigenvalue weighted by Gasteiger charge is 2.23. The molecule has 90 valence electrons. The first-order valence-electron chi connectivity index (χ1n) is 6.01. The van der Waals surface area contributed by atoms with Crippen LogP contribution in [0.5, 0.6) is 0 Å². The number of hydrogen-bond donors (Lipinski definition) is 1. The molecule has 0 amide bonds. The molecule has 0 radical (unpaired) electrons. The third-order valence-electron chi connectivity index (χ3n) is 3.25. The zero-order valence-electron chi connectivity index (χ0n) is 10.2. The van der Waals surface area contributed by atoms with Crippen LogP contribution < -0.4 is 4.90 Å².